The number of hydrogen-bond donors (Lipinski definition) is 2. The van der Waals surface area contributed by atoms with Gasteiger partial charge in [-0.15, -0.1) is 0 Å². The third-order valence-corrected chi connectivity index (χ3v) is 8.35. The van der Waals surface area contributed by atoms with Crippen LogP contribution in [0.1, 0.15) is 69.8 Å². The monoisotopic (exact) mass is 478 g/mol. The summed E-state index contributed by atoms with van der Waals surface area (Å²) in [5, 5.41) is 6.56. The van der Waals surface area contributed by atoms with Crippen LogP contribution in [-0.4, -0.2) is 37.6 Å². The van der Waals surface area contributed by atoms with Crippen molar-refractivity contribution < 1.29 is 27.8 Å². The number of halogens is 2. The van der Waals surface area contributed by atoms with Gasteiger partial charge in [0.05, 0.1) is 12.7 Å². The zero-order valence-electron chi connectivity index (χ0n) is 19.9. The fourth-order valence-corrected chi connectivity index (χ4v) is 7.23. The van der Waals surface area contributed by atoms with Crippen molar-refractivity contribution in [3.63, 3.8) is 0 Å². The first kappa shape index (κ1) is 23.8. The quantitative estimate of drug-likeness (QED) is 0.514. The molecule has 0 spiro atoms. The van der Waals surface area contributed by atoms with Crippen LogP contribution in [0.4, 0.5) is 13.6 Å². The largest absolute Gasteiger partial charge is 0.467 e. The van der Waals surface area contributed by atoms with E-state index in [4.69, 9.17) is 14.2 Å². The molecule has 5 aliphatic carbocycles. The van der Waals surface area contributed by atoms with E-state index < -0.39 is 11.6 Å². The van der Waals surface area contributed by atoms with Crippen molar-refractivity contribution in [3.8, 4) is 5.75 Å². The summed E-state index contributed by atoms with van der Waals surface area (Å²) >= 11 is 0. The molecule has 6 nitrogen and oxygen atoms in total. The Labute approximate surface area is 200 Å². The summed E-state index contributed by atoms with van der Waals surface area (Å²) in [4.78, 5) is 12.8. The molecule has 8 heteroatoms. The van der Waals surface area contributed by atoms with E-state index in [1.807, 2.05) is 0 Å². The van der Waals surface area contributed by atoms with Gasteiger partial charge in [-0.05, 0) is 82.0 Å². The molecule has 0 aliphatic heterocycles. The van der Waals surface area contributed by atoms with Gasteiger partial charge in [0, 0.05) is 36.4 Å². The van der Waals surface area contributed by atoms with E-state index in [-0.39, 0.29) is 48.4 Å². The predicted octanol–water partition coefficient (Wildman–Crippen LogP) is 5.04. The molecule has 0 saturated heterocycles. The van der Waals surface area contributed by atoms with E-state index in [9.17, 15) is 13.6 Å². The fourth-order valence-electron chi connectivity index (χ4n) is 7.23. The van der Waals surface area contributed by atoms with E-state index in [1.165, 1.54) is 26.4 Å². The minimum atomic E-state index is -0.692. The highest BCUT2D eigenvalue weighted by Gasteiger charge is 2.51. The average Bonchev–Trinajstić information content (AvgIpc) is 2.77. The van der Waals surface area contributed by atoms with E-state index in [0.29, 0.717) is 0 Å². The van der Waals surface area contributed by atoms with E-state index >= 15 is 0 Å². The lowest BCUT2D eigenvalue weighted by Gasteiger charge is -2.56. The molecule has 5 aliphatic rings. The minimum Gasteiger partial charge on any atom is -0.467 e. The van der Waals surface area contributed by atoms with Gasteiger partial charge in [-0.25, -0.2) is 13.6 Å². The zero-order chi connectivity index (χ0) is 23.7. The molecular formula is C26H36F2N2O4. The van der Waals surface area contributed by atoms with Crippen LogP contribution in [-0.2, 0) is 16.1 Å². The van der Waals surface area contributed by atoms with Crippen LogP contribution in [0.5, 0.6) is 5.75 Å². The maximum Gasteiger partial charge on any atom is 0.315 e. The number of urea groups is 1. The van der Waals surface area contributed by atoms with Gasteiger partial charge in [0.1, 0.15) is 17.4 Å². The summed E-state index contributed by atoms with van der Waals surface area (Å²) in [5.41, 5.74) is -0.0859. The molecule has 1 aromatic carbocycles. The predicted molar refractivity (Wildman–Crippen MR) is 122 cm³/mol. The zero-order valence-corrected chi connectivity index (χ0v) is 19.9. The number of ether oxygens (including phenoxy) is 3. The third kappa shape index (κ3) is 5.33. The van der Waals surface area contributed by atoms with Gasteiger partial charge >= 0.3 is 6.03 Å². The lowest BCUT2D eigenvalue weighted by Crippen LogP contribution is -2.62. The second kappa shape index (κ2) is 9.97. The first-order valence-electron chi connectivity index (χ1n) is 12.7. The molecule has 0 unspecified atom stereocenters. The smallest absolute Gasteiger partial charge is 0.315 e. The number of hydrogen-bond acceptors (Lipinski definition) is 4. The molecule has 0 atom stereocenters. The Hall–Kier alpha value is -1.93. The minimum absolute atomic E-state index is 0.0114. The van der Waals surface area contributed by atoms with Crippen molar-refractivity contribution in [2.24, 2.45) is 17.8 Å². The highest BCUT2D eigenvalue weighted by molar-refractivity contribution is 5.75. The van der Waals surface area contributed by atoms with Gasteiger partial charge in [0.15, 0.2) is 6.79 Å². The Morgan fingerprint density at radius 3 is 2.15 bits per heavy atom. The first-order valence-corrected chi connectivity index (χ1v) is 12.7. The molecule has 0 aromatic heterocycles. The third-order valence-electron chi connectivity index (χ3n) is 8.35. The number of carbonyl (C=O) groups is 1. The molecule has 0 radical (unpaired) electrons. The summed E-state index contributed by atoms with van der Waals surface area (Å²) in [6, 6.07) is 2.36. The fraction of sp³-hybridized carbons (Fsp3) is 0.731. The number of amides is 2. The molecule has 5 saturated carbocycles. The number of methoxy groups -OCH3 is 1. The molecule has 34 heavy (non-hydrogen) atoms. The van der Waals surface area contributed by atoms with Gasteiger partial charge < -0.3 is 24.8 Å². The average molecular weight is 479 g/mol. The van der Waals surface area contributed by atoms with Gasteiger partial charge in [0.25, 0.3) is 0 Å². The molecular weight excluding hydrogens is 442 g/mol. The van der Waals surface area contributed by atoms with Crippen LogP contribution < -0.4 is 15.4 Å². The molecule has 6 rings (SSSR count). The van der Waals surface area contributed by atoms with Crippen molar-refractivity contribution in [2.75, 3.05) is 13.9 Å². The molecule has 0 heterocycles. The lowest BCUT2D eigenvalue weighted by molar-refractivity contribution is -0.0142. The van der Waals surface area contributed by atoms with Crippen LogP contribution in [0.25, 0.3) is 0 Å². The Bertz CT molecular complexity index is 829. The van der Waals surface area contributed by atoms with E-state index in [0.717, 1.165) is 74.8 Å². The molecule has 2 N–H and O–H groups in total. The van der Waals surface area contributed by atoms with E-state index in [1.54, 1.807) is 0 Å². The van der Waals surface area contributed by atoms with Crippen molar-refractivity contribution >= 4 is 6.03 Å². The van der Waals surface area contributed by atoms with Crippen molar-refractivity contribution in [2.45, 2.75) is 88.5 Å². The molecule has 4 bridgehead atoms. The van der Waals surface area contributed by atoms with Crippen LogP contribution >= 0.6 is 0 Å². The number of nitrogens with one attached hydrogen (secondary N) is 2. The number of rotatable bonds is 8. The Morgan fingerprint density at radius 1 is 1.00 bits per heavy atom. The van der Waals surface area contributed by atoms with Crippen LogP contribution in [0, 0.1) is 29.4 Å². The van der Waals surface area contributed by atoms with Gasteiger partial charge in [-0.2, -0.15) is 0 Å². The van der Waals surface area contributed by atoms with Crippen molar-refractivity contribution in [3.05, 3.63) is 29.3 Å². The highest BCUT2D eigenvalue weighted by Crippen LogP contribution is 2.55. The summed E-state index contributed by atoms with van der Waals surface area (Å²) in [6.07, 6.45) is 10.5. The Kier molecular flexibility index (Phi) is 6.98. The van der Waals surface area contributed by atoms with Crippen LogP contribution in [0.3, 0.4) is 0 Å². The highest BCUT2D eigenvalue weighted by atomic mass is 19.1. The van der Waals surface area contributed by atoms with Crippen molar-refractivity contribution in [1.82, 2.24) is 10.6 Å². The van der Waals surface area contributed by atoms with E-state index in [2.05, 4.69) is 10.6 Å². The normalized spacial score (nSPS) is 34.1. The molecule has 1 aromatic rings. The van der Waals surface area contributed by atoms with Gasteiger partial charge in [-0.1, -0.05) is 0 Å². The number of carbonyl (C=O) groups excluding carboxylic acids is 1. The summed E-state index contributed by atoms with van der Waals surface area (Å²) < 4.78 is 44.3. The summed E-state index contributed by atoms with van der Waals surface area (Å²) in [6.45, 7) is -0.204. The lowest BCUT2D eigenvalue weighted by atomic mass is 9.53. The second-order valence-corrected chi connectivity index (χ2v) is 11.0. The standard InChI is InChI=1S/C26H36F2N2O4/c1-32-15-34-21-9-23(27)22(24(28)10-21)14-33-20-4-2-19(3-5-20)29-25(31)30-26-11-16-6-17(12-26)8-18(7-16)13-26/h9-10,16-20H,2-8,11-15H2,1H3,(H2,29,30,31)/t16?,17?,18?,19-,20-,26?. The number of benzene rings is 1. The SMILES string of the molecule is COCOc1cc(F)c(CO[C@H]2CC[C@H](NC(=O)NC34CC5CC(CC(C5)C3)C4)CC2)c(F)c1. The van der Waals surface area contributed by atoms with Gasteiger partial charge in [-0.3, -0.25) is 0 Å². The summed E-state index contributed by atoms with van der Waals surface area (Å²) in [5.74, 6) is 1.08. The molecule has 188 valence electrons. The topological polar surface area (TPSA) is 68.8 Å². The molecule has 5 fully saturated rings. The van der Waals surface area contributed by atoms with Gasteiger partial charge in [0.2, 0.25) is 0 Å². The maximum atomic E-state index is 14.3. The Balaban J connectivity index is 1.06. The Morgan fingerprint density at radius 2 is 1.59 bits per heavy atom. The van der Waals surface area contributed by atoms with Crippen molar-refractivity contribution in [1.29, 1.82) is 0 Å². The summed E-state index contributed by atoms with van der Waals surface area (Å²) in [7, 11) is 1.44. The second-order valence-electron chi connectivity index (χ2n) is 11.0. The first-order chi connectivity index (χ1) is 16.4. The maximum absolute atomic E-state index is 14.3. The molecule has 2 amide bonds. The van der Waals surface area contributed by atoms with Crippen LogP contribution in [0.15, 0.2) is 12.1 Å². The van der Waals surface area contributed by atoms with Crippen LogP contribution in [0.2, 0.25) is 0 Å².